The first-order valence-electron chi connectivity index (χ1n) is 5.29. The summed E-state index contributed by atoms with van der Waals surface area (Å²) in [6.07, 6.45) is 19.6. The van der Waals surface area contributed by atoms with E-state index >= 15 is 0 Å². The van der Waals surface area contributed by atoms with Gasteiger partial charge in [-0.15, -0.1) is 11.8 Å². The van der Waals surface area contributed by atoms with Crippen molar-refractivity contribution in [1.29, 1.82) is 0 Å². The van der Waals surface area contributed by atoms with Crippen LogP contribution in [0.5, 0.6) is 0 Å². The van der Waals surface area contributed by atoms with Crippen LogP contribution >= 0.6 is 11.8 Å². The molecule has 1 aliphatic heterocycles. The van der Waals surface area contributed by atoms with Gasteiger partial charge in [0, 0.05) is 10.5 Å². The Bertz CT molecular complexity index is 335. The third-order valence-electron chi connectivity index (χ3n) is 3.25. The van der Waals surface area contributed by atoms with E-state index in [1.807, 2.05) is 0 Å². The van der Waals surface area contributed by atoms with Crippen molar-refractivity contribution < 1.29 is 0 Å². The average molecular weight is 202 g/mol. The Morgan fingerprint density at radius 1 is 0.857 bits per heavy atom. The second kappa shape index (κ2) is 3.47. The number of hydrogen-bond donors (Lipinski definition) is 0. The van der Waals surface area contributed by atoms with Gasteiger partial charge >= 0.3 is 0 Å². The van der Waals surface area contributed by atoms with Gasteiger partial charge in [-0.05, 0) is 18.3 Å². The third-order valence-corrected chi connectivity index (χ3v) is 4.74. The maximum atomic E-state index is 2.39. The summed E-state index contributed by atoms with van der Waals surface area (Å²) in [5.74, 6) is 1.49. The van der Waals surface area contributed by atoms with E-state index in [2.05, 4.69) is 60.4 Å². The van der Waals surface area contributed by atoms with Crippen LogP contribution in [-0.2, 0) is 0 Å². The molecule has 0 N–H and O–H groups in total. The topological polar surface area (TPSA) is 0 Å². The maximum absolute atomic E-state index is 2.39. The highest BCUT2D eigenvalue weighted by molar-refractivity contribution is 8.00. The van der Waals surface area contributed by atoms with Gasteiger partial charge in [-0.25, -0.2) is 0 Å². The molecule has 3 aliphatic rings. The Morgan fingerprint density at radius 2 is 1.64 bits per heavy atom. The van der Waals surface area contributed by atoms with Gasteiger partial charge in [0.15, 0.2) is 0 Å². The molecule has 1 fully saturated rings. The quantitative estimate of drug-likeness (QED) is 0.580. The molecule has 0 spiro atoms. The summed E-state index contributed by atoms with van der Waals surface area (Å²) in [5.41, 5.74) is 0. The van der Waals surface area contributed by atoms with E-state index in [1.165, 1.54) is 6.42 Å². The van der Waals surface area contributed by atoms with Crippen molar-refractivity contribution in [3.05, 3.63) is 48.6 Å². The molecular formula is C13H14S. The predicted molar refractivity (Wildman–Crippen MR) is 63.3 cm³/mol. The highest BCUT2D eigenvalue weighted by Gasteiger charge is 2.34. The van der Waals surface area contributed by atoms with Crippen molar-refractivity contribution in [3.8, 4) is 0 Å². The van der Waals surface area contributed by atoms with Gasteiger partial charge in [-0.1, -0.05) is 48.6 Å². The summed E-state index contributed by atoms with van der Waals surface area (Å²) >= 11 is 2.12. The van der Waals surface area contributed by atoms with Crippen molar-refractivity contribution in [2.45, 2.75) is 16.9 Å². The van der Waals surface area contributed by atoms with E-state index in [0.29, 0.717) is 5.25 Å². The standard InChI is InChI=1S/C13H14S/c1-2-6-11-9-10(5-1)12-7-3-4-8-13(12)14-11/h1-8,10-13H,9H2. The molecule has 72 valence electrons. The lowest BCUT2D eigenvalue weighted by molar-refractivity contribution is 0.444. The van der Waals surface area contributed by atoms with Crippen LogP contribution in [0.3, 0.4) is 0 Å². The molecule has 4 unspecified atom stereocenters. The minimum Gasteiger partial charge on any atom is -0.146 e. The largest absolute Gasteiger partial charge is 0.146 e. The summed E-state index contributed by atoms with van der Waals surface area (Å²) in [6.45, 7) is 0. The van der Waals surface area contributed by atoms with Gasteiger partial charge in [-0.3, -0.25) is 0 Å². The zero-order valence-corrected chi connectivity index (χ0v) is 8.86. The van der Waals surface area contributed by atoms with E-state index in [1.54, 1.807) is 0 Å². The summed E-state index contributed by atoms with van der Waals surface area (Å²) in [4.78, 5) is 0. The molecule has 0 aromatic rings. The molecular weight excluding hydrogens is 188 g/mol. The molecule has 4 atom stereocenters. The molecule has 14 heavy (non-hydrogen) atoms. The normalized spacial score (nSPS) is 43.4. The lowest BCUT2D eigenvalue weighted by Crippen LogP contribution is -2.31. The van der Waals surface area contributed by atoms with Gasteiger partial charge in [0.2, 0.25) is 0 Å². The smallest absolute Gasteiger partial charge is 0.0304 e. The summed E-state index contributed by atoms with van der Waals surface area (Å²) in [5, 5.41) is 1.43. The SMILES string of the molecule is C1=CC2CC(C=C1)C1C=CC=CC1S2. The summed E-state index contributed by atoms with van der Waals surface area (Å²) < 4.78 is 0. The van der Waals surface area contributed by atoms with E-state index in [4.69, 9.17) is 0 Å². The predicted octanol–water partition coefficient (Wildman–Crippen LogP) is 3.34. The summed E-state index contributed by atoms with van der Waals surface area (Å²) in [6, 6.07) is 0. The second-order valence-electron chi connectivity index (χ2n) is 4.16. The average Bonchev–Trinajstić information content (AvgIpc) is 2.41. The van der Waals surface area contributed by atoms with Gasteiger partial charge < -0.3 is 0 Å². The number of fused-ring (bicyclic) bond motifs is 4. The lowest BCUT2D eigenvalue weighted by atomic mass is 9.83. The van der Waals surface area contributed by atoms with Crippen LogP contribution < -0.4 is 0 Å². The maximum Gasteiger partial charge on any atom is 0.0304 e. The molecule has 2 aliphatic carbocycles. The molecule has 0 amide bonds. The van der Waals surface area contributed by atoms with Crippen molar-refractivity contribution in [1.82, 2.24) is 0 Å². The minimum absolute atomic E-state index is 0.705. The molecule has 0 saturated carbocycles. The van der Waals surface area contributed by atoms with Crippen LogP contribution in [0, 0.1) is 11.8 Å². The van der Waals surface area contributed by atoms with E-state index in [-0.39, 0.29) is 0 Å². The number of thioether (sulfide) groups is 1. The molecule has 3 rings (SSSR count). The van der Waals surface area contributed by atoms with Gasteiger partial charge in [0.05, 0.1) is 0 Å². The lowest BCUT2D eigenvalue weighted by Gasteiger charge is -2.37. The van der Waals surface area contributed by atoms with Crippen molar-refractivity contribution in [2.75, 3.05) is 0 Å². The van der Waals surface area contributed by atoms with Gasteiger partial charge in [0.25, 0.3) is 0 Å². The van der Waals surface area contributed by atoms with E-state index < -0.39 is 0 Å². The first-order valence-corrected chi connectivity index (χ1v) is 6.23. The summed E-state index contributed by atoms with van der Waals surface area (Å²) in [7, 11) is 0. The monoisotopic (exact) mass is 202 g/mol. The molecule has 0 aromatic heterocycles. The highest BCUT2D eigenvalue weighted by atomic mass is 32.2. The fourth-order valence-electron chi connectivity index (χ4n) is 2.53. The zero-order chi connectivity index (χ0) is 9.38. The fraction of sp³-hybridized carbons (Fsp3) is 0.385. The number of allylic oxidation sites excluding steroid dienone is 6. The molecule has 1 heteroatoms. The molecule has 1 heterocycles. The van der Waals surface area contributed by atoms with Gasteiger partial charge in [-0.2, -0.15) is 0 Å². The van der Waals surface area contributed by atoms with Crippen molar-refractivity contribution in [2.24, 2.45) is 11.8 Å². The molecule has 0 aromatic carbocycles. The molecule has 1 saturated heterocycles. The number of hydrogen-bond acceptors (Lipinski definition) is 1. The Balaban J connectivity index is 1.93. The zero-order valence-electron chi connectivity index (χ0n) is 8.04. The Morgan fingerprint density at radius 3 is 2.64 bits per heavy atom. The Kier molecular flexibility index (Phi) is 2.13. The van der Waals surface area contributed by atoms with Crippen molar-refractivity contribution >= 4 is 11.8 Å². The Labute approximate surface area is 89.5 Å². The van der Waals surface area contributed by atoms with Crippen molar-refractivity contribution in [3.63, 3.8) is 0 Å². The Hall–Kier alpha value is -0.690. The highest BCUT2D eigenvalue weighted by Crippen LogP contribution is 2.44. The van der Waals surface area contributed by atoms with Crippen LogP contribution in [0.4, 0.5) is 0 Å². The van der Waals surface area contributed by atoms with E-state index in [9.17, 15) is 0 Å². The molecule has 0 nitrogen and oxygen atoms in total. The second-order valence-corrected chi connectivity index (χ2v) is 5.58. The van der Waals surface area contributed by atoms with E-state index in [0.717, 1.165) is 17.1 Å². The first kappa shape index (κ1) is 8.60. The third kappa shape index (κ3) is 1.40. The fourth-order valence-corrected chi connectivity index (χ4v) is 4.11. The minimum atomic E-state index is 0.705. The first-order chi connectivity index (χ1) is 6.93. The number of rotatable bonds is 0. The van der Waals surface area contributed by atoms with Crippen LogP contribution in [0.2, 0.25) is 0 Å². The van der Waals surface area contributed by atoms with Gasteiger partial charge in [0.1, 0.15) is 0 Å². The van der Waals surface area contributed by atoms with Crippen LogP contribution in [0.15, 0.2) is 48.6 Å². The molecule has 0 radical (unpaired) electrons. The van der Waals surface area contributed by atoms with Crippen LogP contribution in [0.1, 0.15) is 6.42 Å². The molecule has 2 bridgehead atoms. The van der Waals surface area contributed by atoms with Crippen LogP contribution in [-0.4, -0.2) is 10.5 Å². The van der Waals surface area contributed by atoms with Crippen LogP contribution in [0.25, 0.3) is 0 Å².